The van der Waals surface area contributed by atoms with Crippen LogP contribution in [0.4, 0.5) is 19.0 Å². The number of piperidine rings is 1. The largest absolute Gasteiger partial charge is 0.417 e. The summed E-state index contributed by atoms with van der Waals surface area (Å²) in [5.74, 6) is 0.202. The molecular formula is C26H23F3N6O3S. The molecule has 202 valence electrons. The van der Waals surface area contributed by atoms with Crippen LogP contribution in [0, 0.1) is 18.3 Å². The fourth-order valence-electron chi connectivity index (χ4n) is 4.57. The molecule has 1 aromatic carbocycles. The van der Waals surface area contributed by atoms with E-state index in [1.807, 2.05) is 6.07 Å². The van der Waals surface area contributed by atoms with E-state index in [1.165, 1.54) is 23.4 Å². The Morgan fingerprint density at radius 2 is 1.90 bits per heavy atom. The monoisotopic (exact) mass is 556 g/mol. The number of fused-ring (bicyclic) bond motifs is 1. The number of sulfonamides is 1. The molecule has 3 N–H and O–H groups in total. The molecule has 9 nitrogen and oxygen atoms in total. The Hall–Kier alpha value is -3.99. The highest BCUT2D eigenvalue weighted by Crippen LogP contribution is 2.31. The summed E-state index contributed by atoms with van der Waals surface area (Å²) in [7, 11) is -3.92. The maximum Gasteiger partial charge on any atom is 0.417 e. The van der Waals surface area contributed by atoms with E-state index < -0.39 is 33.9 Å². The van der Waals surface area contributed by atoms with Crippen LogP contribution in [0.1, 0.15) is 23.1 Å². The second kappa shape index (κ2) is 9.96. The summed E-state index contributed by atoms with van der Waals surface area (Å²) in [4.78, 5) is 11.1. The second-order valence-corrected chi connectivity index (χ2v) is 11.3. The number of halogens is 3. The Bertz CT molecular complexity index is 1680. The van der Waals surface area contributed by atoms with Gasteiger partial charge in [0.25, 0.3) is 0 Å². The highest BCUT2D eigenvalue weighted by Gasteiger charge is 2.36. The third-order valence-corrected chi connectivity index (χ3v) is 8.63. The average Bonchev–Trinajstić information content (AvgIpc) is 3.32. The number of nitriles is 1. The van der Waals surface area contributed by atoms with Crippen molar-refractivity contribution in [2.24, 2.45) is 0 Å². The zero-order valence-electron chi connectivity index (χ0n) is 20.6. The number of benzene rings is 1. The third kappa shape index (κ3) is 5.18. The molecule has 1 saturated heterocycles. The molecule has 39 heavy (non-hydrogen) atoms. The minimum Gasteiger partial charge on any atom is -0.390 e. The van der Waals surface area contributed by atoms with Crippen molar-refractivity contribution >= 4 is 26.9 Å². The molecule has 4 heterocycles. The van der Waals surface area contributed by atoms with E-state index in [-0.39, 0.29) is 35.8 Å². The molecule has 0 aliphatic carbocycles. The number of aliphatic hydroxyl groups excluding tert-OH is 1. The Kier molecular flexibility index (Phi) is 6.79. The highest BCUT2D eigenvalue weighted by atomic mass is 32.2. The van der Waals surface area contributed by atoms with Crippen molar-refractivity contribution in [3.63, 3.8) is 0 Å². The average molecular weight is 557 g/mol. The molecule has 4 aromatic rings. The van der Waals surface area contributed by atoms with Gasteiger partial charge in [-0.3, -0.25) is 0 Å². The number of hydrogen-bond donors (Lipinski definition) is 3. The van der Waals surface area contributed by atoms with Crippen molar-refractivity contribution in [3.8, 4) is 17.2 Å². The fraction of sp³-hybridized carbons (Fsp3) is 0.269. The number of aromatic amines is 1. The fourth-order valence-corrected chi connectivity index (χ4v) is 6.04. The molecule has 0 unspecified atom stereocenters. The van der Waals surface area contributed by atoms with Crippen LogP contribution in [0.15, 0.2) is 59.9 Å². The first kappa shape index (κ1) is 26.6. The van der Waals surface area contributed by atoms with Crippen molar-refractivity contribution in [2.75, 3.05) is 18.4 Å². The van der Waals surface area contributed by atoms with Gasteiger partial charge in [-0.15, -0.1) is 0 Å². The Balaban J connectivity index is 1.28. The van der Waals surface area contributed by atoms with Gasteiger partial charge in [-0.2, -0.15) is 22.7 Å². The molecule has 5 rings (SSSR count). The number of aliphatic hydroxyl groups is 1. The van der Waals surface area contributed by atoms with Crippen LogP contribution in [0.25, 0.3) is 22.2 Å². The molecule has 0 radical (unpaired) electrons. The van der Waals surface area contributed by atoms with Crippen LogP contribution in [0.5, 0.6) is 0 Å². The number of anilines is 1. The predicted octanol–water partition coefficient (Wildman–Crippen LogP) is 4.06. The van der Waals surface area contributed by atoms with Gasteiger partial charge in [-0.05, 0) is 48.7 Å². The van der Waals surface area contributed by atoms with Crippen molar-refractivity contribution < 1.29 is 26.7 Å². The molecular weight excluding hydrogens is 533 g/mol. The molecule has 2 atom stereocenters. The molecule has 1 aliphatic heterocycles. The van der Waals surface area contributed by atoms with Gasteiger partial charge in [0, 0.05) is 42.6 Å². The number of H-pyrrole nitrogens is 1. The second-order valence-electron chi connectivity index (χ2n) is 9.32. The van der Waals surface area contributed by atoms with Crippen LogP contribution in [0.3, 0.4) is 0 Å². The van der Waals surface area contributed by atoms with Crippen LogP contribution in [-0.4, -0.2) is 58.0 Å². The number of alkyl halides is 3. The van der Waals surface area contributed by atoms with Gasteiger partial charge in [-0.25, -0.2) is 18.4 Å². The Morgan fingerprint density at radius 3 is 2.54 bits per heavy atom. The van der Waals surface area contributed by atoms with Crippen molar-refractivity contribution in [2.45, 2.75) is 36.6 Å². The van der Waals surface area contributed by atoms with E-state index in [9.17, 15) is 32.0 Å². The smallest absolute Gasteiger partial charge is 0.390 e. The lowest BCUT2D eigenvalue weighted by atomic mass is 10.0. The summed E-state index contributed by atoms with van der Waals surface area (Å²) >= 11 is 0. The van der Waals surface area contributed by atoms with Crippen LogP contribution in [0.2, 0.25) is 0 Å². The molecule has 0 spiro atoms. The number of hydrogen-bond acceptors (Lipinski definition) is 7. The van der Waals surface area contributed by atoms with Crippen molar-refractivity contribution in [1.82, 2.24) is 19.3 Å². The van der Waals surface area contributed by atoms with E-state index in [0.29, 0.717) is 16.6 Å². The SMILES string of the molecule is Cc1cc(C(F)(F)F)cnc1N[C@@H]1CCN(S(=O)(=O)c2ccc(-c3cnc4[nH]cc(C#N)c4c3)cc2)C[C@@H]1O. The number of nitrogens with zero attached hydrogens (tertiary/aromatic N) is 4. The maximum absolute atomic E-state index is 13.3. The zero-order chi connectivity index (χ0) is 27.9. The lowest BCUT2D eigenvalue weighted by Crippen LogP contribution is -2.51. The molecule has 1 fully saturated rings. The van der Waals surface area contributed by atoms with E-state index in [0.717, 1.165) is 23.4 Å². The van der Waals surface area contributed by atoms with Crippen LogP contribution < -0.4 is 5.32 Å². The minimum absolute atomic E-state index is 0.0542. The molecule has 0 bridgehead atoms. The van der Waals surface area contributed by atoms with Gasteiger partial charge in [0.15, 0.2) is 0 Å². The standard InChI is InChI=1S/C26H23F3N6O3S/c1-15-8-19(26(27,28)29)13-33-24(15)34-22-6-7-35(14-23(22)36)39(37,38)20-4-2-16(3-5-20)17-9-21-18(10-30)12-32-25(21)31-11-17/h2-5,8-9,11-13,22-23,36H,6-7,14H2,1H3,(H,31,32)(H,33,34)/t22-,23+/m1/s1. The normalized spacial score (nSPS) is 18.7. The number of nitrogens with one attached hydrogen (secondary N) is 2. The molecule has 3 aromatic heterocycles. The number of aromatic nitrogens is 3. The van der Waals surface area contributed by atoms with Crippen LogP contribution >= 0.6 is 0 Å². The lowest BCUT2D eigenvalue weighted by molar-refractivity contribution is -0.137. The van der Waals surface area contributed by atoms with Gasteiger partial charge in [-0.1, -0.05) is 12.1 Å². The van der Waals surface area contributed by atoms with Crippen molar-refractivity contribution in [3.05, 3.63) is 71.7 Å². The van der Waals surface area contributed by atoms with E-state index >= 15 is 0 Å². The van der Waals surface area contributed by atoms with Gasteiger partial charge in [0.2, 0.25) is 10.0 Å². The zero-order valence-corrected chi connectivity index (χ0v) is 21.4. The topological polar surface area (TPSA) is 135 Å². The summed E-state index contributed by atoms with van der Waals surface area (Å²) in [6.07, 6.45) is -1.47. The first-order valence-corrected chi connectivity index (χ1v) is 13.4. The molecule has 1 aliphatic rings. The van der Waals surface area contributed by atoms with Gasteiger partial charge in [0.05, 0.1) is 28.2 Å². The van der Waals surface area contributed by atoms with E-state index in [1.54, 1.807) is 24.5 Å². The maximum atomic E-state index is 13.3. The number of β-amino-alcohol motifs (C(OH)–C–C–N with tert-alkyl or cyclic N) is 1. The first-order chi connectivity index (χ1) is 18.5. The summed E-state index contributed by atoms with van der Waals surface area (Å²) < 4.78 is 66.5. The van der Waals surface area contributed by atoms with E-state index in [4.69, 9.17) is 0 Å². The number of aryl methyl sites for hydroxylation is 1. The molecule has 13 heteroatoms. The van der Waals surface area contributed by atoms with Gasteiger partial charge < -0.3 is 15.4 Å². The number of rotatable bonds is 5. The molecule has 0 saturated carbocycles. The quantitative estimate of drug-likeness (QED) is 0.337. The highest BCUT2D eigenvalue weighted by molar-refractivity contribution is 7.89. The van der Waals surface area contributed by atoms with Gasteiger partial charge in [0.1, 0.15) is 17.5 Å². The van der Waals surface area contributed by atoms with Gasteiger partial charge >= 0.3 is 6.18 Å². The minimum atomic E-state index is -4.51. The summed E-state index contributed by atoms with van der Waals surface area (Å²) in [6, 6.07) is 10.5. The predicted molar refractivity (Wildman–Crippen MR) is 137 cm³/mol. The summed E-state index contributed by atoms with van der Waals surface area (Å²) in [5.41, 5.74) is 1.87. The molecule has 0 amide bonds. The summed E-state index contributed by atoms with van der Waals surface area (Å²) in [5, 5.41) is 23.6. The third-order valence-electron chi connectivity index (χ3n) is 6.75. The lowest BCUT2D eigenvalue weighted by Gasteiger charge is -2.36. The van der Waals surface area contributed by atoms with Crippen LogP contribution in [-0.2, 0) is 16.2 Å². The Labute approximate surface area is 222 Å². The van der Waals surface area contributed by atoms with Crippen molar-refractivity contribution in [1.29, 1.82) is 5.26 Å². The summed E-state index contributed by atoms with van der Waals surface area (Å²) in [6.45, 7) is 1.39. The Morgan fingerprint density at radius 1 is 1.15 bits per heavy atom. The number of pyridine rings is 2. The van der Waals surface area contributed by atoms with E-state index in [2.05, 4.69) is 26.3 Å². The first-order valence-electron chi connectivity index (χ1n) is 11.9.